The fourth-order valence-electron chi connectivity index (χ4n) is 2.70. The van der Waals surface area contributed by atoms with Crippen molar-refractivity contribution >= 4 is 17.4 Å². The molecule has 23 heavy (non-hydrogen) atoms. The molecule has 122 valence electrons. The van der Waals surface area contributed by atoms with Crippen LogP contribution in [0.5, 0.6) is 0 Å². The quantitative estimate of drug-likeness (QED) is 0.836. The Labute approximate surface area is 137 Å². The van der Waals surface area contributed by atoms with Gasteiger partial charge in [0.15, 0.2) is 5.82 Å². The Balaban J connectivity index is 2.01. The molecule has 0 unspecified atom stereocenters. The van der Waals surface area contributed by atoms with Crippen LogP contribution in [0, 0.1) is 5.95 Å². The first kappa shape index (κ1) is 15.9. The van der Waals surface area contributed by atoms with Gasteiger partial charge in [-0.1, -0.05) is 11.6 Å². The summed E-state index contributed by atoms with van der Waals surface area (Å²) in [6, 6.07) is 3.01. The van der Waals surface area contributed by atoms with Gasteiger partial charge in [-0.2, -0.15) is 4.39 Å². The molecule has 0 spiro atoms. The maximum atomic E-state index is 13.3. The van der Waals surface area contributed by atoms with Crippen molar-refractivity contribution in [3.05, 3.63) is 39.7 Å². The number of hydrogen-bond donors (Lipinski definition) is 2. The number of likely N-dealkylation sites (N-methyl/N-ethyl adjacent to an activating group) is 1. The van der Waals surface area contributed by atoms with E-state index in [0.717, 1.165) is 25.9 Å². The maximum Gasteiger partial charge on any atom is 0.272 e. The van der Waals surface area contributed by atoms with Crippen LogP contribution >= 0.6 is 11.6 Å². The van der Waals surface area contributed by atoms with E-state index in [1.165, 1.54) is 12.3 Å². The number of halogens is 2. The maximum absolute atomic E-state index is 13.3. The summed E-state index contributed by atoms with van der Waals surface area (Å²) in [6.45, 7) is 1.79. The van der Waals surface area contributed by atoms with Crippen LogP contribution in [0.4, 0.5) is 10.2 Å². The monoisotopic (exact) mass is 337 g/mol. The molecule has 8 heteroatoms. The van der Waals surface area contributed by atoms with E-state index in [9.17, 15) is 9.18 Å². The summed E-state index contributed by atoms with van der Waals surface area (Å²) in [6.07, 6.45) is 3.37. The van der Waals surface area contributed by atoms with E-state index in [-0.39, 0.29) is 16.9 Å². The third kappa shape index (κ3) is 3.35. The third-order valence-corrected chi connectivity index (χ3v) is 4.34. The Morgan fingerprint density at radius 1 is 1.48 bits per heavy atom. The zero-order valence-corrected chi connectivity index (χ0v) is 13.4. The lowest BCUT2D eigenvalue weighted by molar-refractivity contribution is 0.443. The number of aromatic amines is 1. The smallest absolute Gasteiger partial charge is 0.272 e. The van der Waals surface area contributed by atoms with Crippen LogP contribution in [0.25, 0.3) is 11.4 Å². The largest absolute Gasteiger partial charge is 0.354 e. The molecular formula is C15H17ClFN5O. The van der Waals surface area contributed by atoms with E-state index >= 15 is 0 Å². The van der Waals surface area contributed by atoms with E-state index in [4.69, 9.17) is 11.6 Å². The molecule has 6 nitrogen and oxygen atoms in total. The van der Waals surface area contributed by atoms with Crippen molar-refractivity contribution < 1.29 is 4.39 Å². The van der Waals surface area contributed by atoms with E-state index in [1.807, 2.05) is 11.9 Å². The fraction of sp³-hybridized carbons (Fsp3) is 0.400. The Bertz CT molecular complexity index is 760. The van der Waals surface area contributed by atoms with Crippen LogP contribution in [-0.2, 0) is 0 Å². The SMILES string of the molecule is CN(c1nc(-c2ccnc(F)c2)[nH]c(=O)c1Cl)[C@H]1CCCNC1. The van der Waals surface area contributed by atoms with Gasteiger partial charge in [0, 0.05) is 37.5 Å². The molecule has 1 aliphatic heterocycles. The molecule has 2 aromatic heterocycles. The van der Waals surface area contributed by atoms with Crippen molar-refractivity contribution in [1.29, 1.82) is 0 Å². The van der Waals surface area contributed by atoms with Crippen LogP contribution in [0.3, 0.4) is 0 Å². The third-order valence-electron chi connectivity index (χ3n) is 4.00. The molecule has 0 bridgehead atoms. The Morgan fingerprint density at radius 2 is 2.30 bits per heavy atom. The van der Waals surface area contributed by atoms with Crippen LogP contribution in [-0.4, -0.2) is 41.1 Å². The topological polar surface area (TPSA) is 73.9 Å². The molecule has 1 fully saturated rings. The van der Waals surface area contributed by atoms with Crippen molar-refractivity contribution in [2.24, 2.45) is 0 Å². The standard InChI is InChI=1S/C15H17ClFN5O/c1-22(10-3-2-5-18-8-10)14-12(16)15(23)21-13(20-14)9-4-6-19-11(17)7-9/h4,6-7,10,18H,2-3,5,8H2,1H3,(H,20,21,23)/t10-/m0/s1. The predicted molar refractivity (Wildman–Crippen MR) is 87.4 cm³/mol. The molecule has 0 radical (unpaired) electrons. The van der Waals surface area contributed by atoms with Gasteiger partial charge in [-0.25, -0.2) is 9.97 Å². The number of aromatic nitrogens is 3. The average Bonchev–Trinajstić information content (AvgIpc) is 2.57. The molecule has 0 aromatic carbocycles. The second kappa shape index (κ2) is 6.64. The van der Waals surface area contributed by atoms with Gasteiger partial charge in [-0.15, -0.1) is 0 Å². The number of piperidine rings is 1. The lowest BCUT2D eigenvalue weighted by Gasteiger charge is -2.32. The predicted octanol–water partition coefficient (Wildman–Crippen LogP) is 1.81. The fourth-order valence-corrected chi connectivity index (χ4v) is 2.93. The number of pyridine rings is 1. The first-order chi connectivity index (χ1) is 11.1. The van der Waals surface area contributed by atoms with Gasteiger partial charge in [0.05, 0.1) is 0 Å². The van der Waals surface area contributed by atoms with Crippen molar-refractivity contribution in [2.75, 3.05) is 25.0 Å². The first-order valence-corrected chi connectivity index (χ1v) is 7.79. The summed E-state index contributed by atoms with van der Waals surface area (Å²) in [4.78, 5) is 24.6. The Kier molecular flexibility index (Phi) is 4.58. The molecule has 0 aliphatic carbocycles. The van der Waals surface area contributed by atoms with Crippen LogP contribution in [0.15, 0.2) is 23.1 Å². The minimum absolute atomic E-state index is 0.0383. The number of hydrogen-bond acceptors (Lipinski definition) is 5. The second-order valence-corrected chi connectivity index (χ2v) is 5.91. The molecule has 3 rings (SSSR count). The minimum Gasteiger partial charge on any atom is -0.354 e. The molecule has 1 saturated heterocycles. The highest BCUT2D eigenvalue weighted by Crippen LogP contribution is 2.25. The van der Waals surface area contributed by atoms with Crippen LogP contribution in [0.2, 0.25) is 5.02 Å². The van der Waals surface area contributed by atoms with E-state index < -0.39 is 11.5 Å². The number of anilines is 1. The average molecular weight is 338 g/mol. The minimum atomic E-state index is -0.633. The second-order valence-electron chi connectivity index (χ2n) is 5.53. The highest BCUT2D eigenvalue weighted by molar-refractivity contribution is 6.32. The van der Waals surface area contributed by atoms with Gasteiger partial charge in [-0.05, 0) is 25.5 Å². The number of rotatable bonds is 3. The lowest BCUT2D eigenvalue weighted by atomic mass is 10.1. The van der Waals surface area contributed by atoms with Crippen LogP contribution in [0.1, 0.15) is 12.8 Å². The number of nitrogens with one attached hydrogen (secondary N) is 2. The van der Waals surface area contributed by atoms with Crippen LogP contribution < -0.4 is 15.8 Å². The highest BCUT2D eigenvalue weighted by atomic mass is 35.5. The Morgan fingerprint density at radius 3 is 3.00 bits per heavy atom. The van der Waals surface area contributed by atoms with Gasteiger partial charge < -0.3 is 15.2 Å². The van der Waals surface area contributed by atoms with Gasteiger partial charge in [0.2, 0.25) is 5.95 Å². The zero-order valence-electron chi connectivity index (χ0n) is 12.6. The molecule has 0 amide bonds. The number of H-pyrrole nitrogens is 1. The van der Waals surface area contributed by atoms with E-state index in [0.29, 0.717) is 11.4 Å². The van der Waals surface area contributed by atoms with E-state index in [2.05, 4.69) is 20.3 Å². The molecule has 2 N–H and O–H groups in total. The molecule has 3 heterocycles. The van der Waals surface area contributed by atoms with Gasteiger partial charge in [0.1, 0.15) is 10.8 Å². The van der Waals surface area contributed by atoms with Crippen molar-refractivity contribution in [2.45, 2.75) is 18.9 Å². The summed E-state index contributed by atoms with van der Waals surface area (Å²) in [5, 5.41) is 3.36. The summed E-state index contributed by atoms with van der Waals surface area (Å²) < 4.78 is 13.3. The summed E-state index contributed by atoms with van der Waals surface area (Å²) in [5.41, 5.74) is 0.00203. The molecule has 1 aliphatic rings. The van der Waals surface area contributed by atoms with Crippen molar-refractivity contribution in [1.82, 2.24) is 20.3 Å². The molecule has 0 saturated carbocycles. The highest BCUT2D eigenvalue weighted by Gasteiger charge is 2.23. The zero-order chi connectivity index (χ0) is 16.4. The van der Waals surface area contributed by atoms with Gasteiger partial charge in [-0.3, -0.25) is 4.79 Å². The summed E-state index contributed by atoms with van der Waals surface area (Å²) in [7, 11) is 1.86. The van der Waals surface area contributed by atoms with Gasteiger partial charge >= 0.3 is 0 Å². The molecular weight excluding hydrogens is 321 g/mol. The summed E-state index contributed by atoms with van der Waals surface area (Å²) >= 11 is 6.14. The van der Waals surface area contributed by atoms with Crippen molar-refractivity contribution in [3.63, 3.8) is 0 Å². The first-order valence-electron chi connectivity index (χ1n) is 7.41. The number of nitrogens with zero attached hydrogens (tertiary/aromatic N) is 3. The van der Waals surface area contributed by atoms with E-state index in [1.54, 1.807) is 6.07 Å². The van der Waals surface area contributed by atoms with Gasteiger partial charge in [0.25, 0.3) is 5.56 Å². The lowest BCUT2D eigenvalue weighted by Crippen LogP contribution is -2.45. The molecule has 1 atom stereocenters. The Hall–Kier alpha value is -1.99. The molecule has 2 aromatic rings. The normalized spacial score (nSPS) is 18.0. The van der Waals surface area contributed by atoms with Crippen molar-refractivity contribution in [3.8, 4) is 11.4 Å². The summed E-state index contributed by atoms with van der Waals surface area (Å²) in [5.74, 6) is 0.0362.